The minimum Gasteiger partial charge on any atom is -0.466 e. The normalized spacial score (nSPS) is 8.93. The maximum absolute atomic E-state index is 11.1. The molecule has 0 unspecified atom stereocenters. The fourth-order valence-electron chi connectivity index (χ4n) is 0.968. The van der Waals surface area contributed by atoms with Gasteiger partial charge in [-0.3, -0.25) is 4.79 Å². The van der Waals surface area contributed by atoms with Gasteiger partial charge in [-0.2, -0.15) is 0 Å². The number of nitrogens with two attached hydrogens (primary N) is 1. The maximum atomic E-state index is 11.1. The summed E-state index contributed by atoms with van der Waals surface area (Å²) >= 11 is 0. The number of carbonyl (C=O) groups excluding carboxylic acids is 1. The molecule has 0 atom stereocenters. The molecule has 78 valence electrons. The van der Waals surface area contributed by atoms with Crippen LogP contribution >= 0.6 is 12.4 Å². The number of anilines is 1. The highest BCUT2D eigenvalue weighted by Gasteiger charge is 2.06. The van der Waals surface area contributed by atoms with Crippen molar-refractivity contribution in [2.45, 2.75) is 13.3 Å². The van der Waals surface area contributed by atoms with Crippen molar-refractivity contribution in [1.82, 2.24) is 4.98 Å². The third-order valence-corrected chi connectivity index (χ3v) is 1.57. The molecule has 1 aromatic heterocycles. The predicted molar refractivity (Wildman–Crippen MR) is 56.2 cm³/mol. The lowest BCUT2D eigenvalue weighted by Crippen LogP contribution is -2.09. The number of esters is 1. The standard InChI is InChI=1S/C9H12N2O2.ClH/c1-2-13-8(12)6-7-4-3-5-11-9(7)10;/h3-5H,2,6H2,1H3,(H2,10,11);1H. The van der Waals surface area contributed by atoms with Gasteiger partial charge in [0.05, 0.1) is 13.0 Å². The van der Waals surface area contributed by atoms with Crippen LogP contribution in [0.5, 0.6) is 0 Å². The zero-order chi connectivity index (χ0) is 9.68. The van der Waals surface area contributed by atoms with E-state index < -0.39 is 0 Å². The largest absolute Gasteiger partial charge is 0.466 e. The van der Waals surface area contributed by atoms with E-state index >= 15 is 0 Å². The molecular formula is C9H13ClN2O2. The Hall–Kier alpha value is -1.29. The first-order valence-electron chi connectivity index (χ1n) is 4.09. The average molecular weight is 217 g/mol. The van der Waals surface area contributed by atoms with E-state index in [9.17, 15) is 4.79 Å². The SMILES string of the molecule is CCOC(=O)Cc1cccnc1N.Cl. The van der Waals surface area contributed by atoms with Gasteiger partial charge in [0.15, 0.2) is 0 Å². The third kappa shape index (κ3) is 3.62. The Balaban J connectivity index is 0.00000169. The lowest BCUT2D eigenvalue weighted by Gasteiger charge is -2.03. The van der Waals surface area contributed by atoms with Gasteiger partial charge in [-0.1, -0.05) is 6.07 Å². The minimum absolute atomic E-state index is 0. The van der Waals surface area contributed by atoms with E-state index in [4.69, 9.17) is 10.5 Å². The van der Waals surface area contributed by atoms with E-state index in [-0.39, 0.29) is 24.8 Å². The summed E-state index contributed by atoms with van der Waals surface area (Å²) in [6, 6.07) is 3.50. The van der Waals surface area contributed by atoms with Crippen LogP contribution in [-0.4, -0.2) is 17.6 Å². The number of hydrogen-bond acceptors (Lipinski definition) is 4. The molecule has 4 nitrogen and oxygen atoms in total. The van der Waals surface area contributed by atoms with Crippen LogP contribution in [0, 0.1) is 0 Å². The first-order chi connectivity index (χ1) is 6.24. The van der Waals surface area contributed by atoms with Gasteiger partial charge in [0.1, 0.15) is 5.82 Å². The van der Waals surface area contributed by atoms with Gasteiger partial charge in [-0.05, 0) is 13.0 Å². The molecular weight excluding hydrogens is 204 g/mol. The molecule has 1 aromatic rings. The van der Waals surface area contributed by atoms with Crippen molar-refractivity contribution in [3.8, 4) is 0 Å². The van der Waals surface area contributed by atoms with Gasteiger partial charge in [0.2, 0.25) is 0 Å². The molecule has 2 N–H and O–H groups in total. The van der Waals surface area contributed by atoms with Gasteiger partial charge in [0.25, 0.3) is 0 Å². The van der Waals surface area contributed by atoms with Gasteiger partial charge in [-0.15, -0.1) is 12.4 Å². The predicted octanol–water partition coefficient (Wildman–Crippen LogP) is 1.19. The second-order valence-electron chi connectivity index (χ2n) is 2.53. The Morgan fingerprint density at radius 2 is 2.36 bits per heavy atom. The summed E-state index contributed by atoms with van der Waals surface area (Å²) in [7, 11) is 0. The van der Waals surface area contributed by atoms with Crippen LogP contribution in [0.3, 0.4) is 0 Å². The molecule has 0 aromatic carbocycles. The van der Waals surface area contributed by atoms with Crippen molar-refractivity contribution in [2.24, 2.45) is 0 Å². The van der Waals surface area contributed by atoms with Crippen LogP contribution in [0.25, 0.3) is 0 Å². The molecule has 1 rings (SSSR count). The molecule has 0 saturated carbocycles. The Labute approximate surface area is 88.9 Å². The van der Waals surface area contributed by atoms with Crippen molar-refractivity contribution in [2.75, 3.05) is 12.3 Å². The minimum atomic E-state index is -0.276. The number of hydrogen-bond donors (Lipinski definition) is 1. The summed E-state index contributed by atoms with van der Waals surface area (Å²) in [6.07, 6.45) is 1.78. The van der Waals surface area contributed by atoms with Gasteiger partial charge in [-0.25, -0.2) is 4.98 Å². The number of aromatic nitrogens is 1. The van der Waals surface area contributed by atoms with E-state index in [0.717, 1.165) is 0 Å². The van der Waals surface area contributed by atoms with Crippen LogP contribution < -0.4 is 5.73 Å². The third-order valence-electron chi connectivity index (χ3n) is 1.57. The first kappa shape index (κ1) is 12.7. The molecule has 5 heteroatoms. The second kappa shape index (κ2) is 6.21. The molecule has 0 saturated heterocycles. The van der Waals surface area contributed by atoms with E-state index in [1.54, 1.807) is 25.3 Å². The molecule has 0 aliphatic rings. The first-order valence-corrected chi connectivity index (χ1v) is 4.09. The van der Waals surface area contributed by atoms with Crippen molar-refractivity contribution in [1.29, 1.82) is 0 Å². The molecule has 0 aliphatic carbocycles. The number of nitrogens with zero attached hydrogens (tertiary/aromatic N) is 1. The maximum Gasteiger partial charge on any atom is 0.310 e. The smallest absolute Gasteiger partial charge is 0.310 e. The molecule has 0 spiro atoms. The van der Waals surface area contributed by atoms with Gasteiger partial charge < -0.3 is 10.5 Å². The lowest BCUT2D eigenvalue weighted by molar-refractivity contribution is -0.142. The number of ether oxygens (including phenoxy) is 1. The second-order valence-corrected chi connectivity index (χ2v) is 2.53. The molecule has 0 bridgehead atoms. The van der Waals surface area contributed by atoms with E-state index in [2.05, 4.69) is 4.98 Å². The molecule has 0 amide bonds. The monoisotopic (exact) mass is 216 g/mol. The topological polar surface area (TPSA) is 65.2 Å². The summed E-state index contributed by atoms with van der Waals surface area (Å²) in [5.41, 5.74) is 6.26. The zero-order valence-electron chi connectivity index (χ0n) is 7.90. The Morgan fingerprint density at radius 3 is 2.93 bits per heavy atom. The van der Waals surface area contributed by atoms with Crippen LogP contribution in [0.4, 0.5) is 5.82 Å². The fourth-order valence-corrected chi connectivity index (χ4v) is 0.968. The zero-order valence-corrected chi connectivity index (χ0v) is 8.71. The number of pyridine rings is 1. The van der Waals surface area contributed by atoms with E-state index in [1.807, 2.05) is 0 Å². The van der Waals surface area contributed by atoms with Gasteiger partial charge in [0, 0.05) is 11.8 Å². The van der Waals surface area contributed by atoms with Crippen LogP contribution in [0.2, 0.25) is 0 Å². The van der Waals surface area contributed by atoms with Crippen LogP contribution in [0.15, 0.2) is 18.3 Å². The summed E-state index contributed by atoms with van der Waals surface area (Å²) < 4.78 is 4.78. The van der Waals surface area contributed by atoms with Crippen LogP contribution in [-0.2, 0) is 16.0 Å². The Kier molecular flexibility index (Phi) is 5.64. The Morgan fingerprint density at radius 1 is 1.64 bits per heavy atom. The number of nitrogen functional groups attached to an aromatic ring is 1. The number of carbonyl (C=O) groups is 1. The summed E-state index contributed by atoms with van der Waals surface area (Å²) in [4.78, 5) is 14.9. The van der Waals surface area contributed by atoms with Crippen molar-refractivity contribution >= 4 is 24.2 Å². The van der Waals surface area contributed by atoms with E-state index in [0.29, 0.717) is 18.0 Å². The Bertz CT molecular complexity index is 305. The van der Waals surface area contributed by atoms with Crippen molar-refractivity contribution in [3.05, 3.63) is 23.9 Å². The number of halogens is 1. The van der Waals surface area contributed by atoms with Gasteiger partial charge >= 0.3 is 5.97 Å². The van der Waals surface area contributed by atoms with Crippen molar-refractivity contribution in [3.63, 3.8) is 0 Å². The highest BCUT2D eigenvalue weighted by atomic mass is 35.5. The fraction of sp³-hybridized carbons (Fsp3) is 0.333. The quantitative estimate of drug-likeness (QED) is 0.771. The van der Waals surface area contributed by atoms with E-state index in [1.165, 1.54) is 0 Å². The summed E-state index contributed by atoms with van der Waals surface area (Å²) in [6.45, 7) is 2.16. The molecule has 1 heterocycles. The van der Waals surface area contributed by atoms with Crippen molar-refractivity contribution < 1.29 is 9.53 Å². The highest BCUT2D eigenvalue weighted by Crippen LogP contribution is 2.07. The highest BCUT2D eigenvalue weighted by molar-refractivity contribution is 5.85. The molecule has 14 heavy (non-hydrogen) atoms. The molecule has 0 fully saturated rings. The molecule has 0 radical (unpaired) electrons. The van der Waals surface area contributed by atoms with Crippen LogP contribution in [0.1, 0.15) is 12.5 Å². The molecule has 0 aliphatic heterocycles. The summed E-state index contributed by atoms with van der Waals surface area (Å²) in [5.74, 6) is 0.109. The summed E-state index contributed by atoms with van der Waals surface area (Å²) in [5, 5.41) is 0. The lowest BCUT2D eigenvalue weighted by atomic mass is 10.2. The average Bonchev–Trinajstić information content (AvgIpc) is 2.09. The number of rotatable bonds is 3.